The van der Waals surface area contributed by atoms with Crippen molar-refractivity contribution in [3.63, 3.8) is 0 Å². The van der Waals surface area contributed by atoms with E-state index in [1.807, 2.05) is 24.3 Å². The number of nitrogens with zero attached hydrogens (tertiary/aromatic N) is 2. The van der Waals surface area contributed by atoms with Gasteiger partial charge in [-0.15, -0.1) is 0 Å². The van der Waals surface area contributed by atoms with Crippen LogP contribution in [0.5, 0.6) is 5.75 Å². The van der Waals surface area contributed by atoms with Gasteiger partial charge in [-0.1, -0.05) is 17.8 Å². The van der Waals surface area contributed by atoms with Crippen LogP contribution < -0.4 is 10.1 Å². The van der Waals surface area contributed by atoms with Gasteiger partial charge < -0.3 is 10.1 Å². The number of ether oxygens (including phenoxy) is 1. The van der Waals surface area contributed by atoms with Crippen LogP contribution in [-0.4, -0.2) is 41.3 Å². The fourth-order valence-electron chi connectivity index (χ4n) is 2.50. The third-order valence-electron chi connectivity index (χ3n) is 3.92. The van der Waals surface area contributed by atoms with Crippen molar-refractivity contribution in [3.8, 4) is 5.75 Å². The number of carbonyl (C=O) groups is 2. The highest BCUT2D eigenvalue weighted by Crippen LogP contribution is 2.31. The Morgan fingerprint density at radius 3 is 2.74 bits per heavy atom. The van der Waals surface area contributed by atoms with Gasteiger partial charge in [0, 0.05) is 28.8 Å². The van der Waals surface area contributed by atoms with E-state index in [2.05, 4.69) is 32.9 Å². The predicted molar refractivity (Wildman–Crippen MR) is 117 cm³/mol. The molecule has 27 heavy (non-hydrogen) atoms. The Balaban J connectivity index is 1.65. The fraction of sp³-hybridized carbons (Fsp3) is 0.211. The van der Waals surface area contributed by atoms with Crippen LogP contribution in [0.15, 0.2) is 53.5 Å². The molecule has 0 radical (unpaired) electrons. The van der Waals surface area contributed by atoms with E-state index in [1.165, 1.54) is 16.7 Å². The second kappa shape index (κ2) is 8.75. The maximum Gasteiger partial charge on any atom is 0.242 e. The van der Waals surface area contributed by atoms with E-state index in [4.69, 9.17) is 4.74 Å². The van der Waals surface area contributed by atoms with E-state index in [9.17, 15) is 9.59 Å². The van der Waals surface area contributed by atoms with Gasteiger partial charge in [0.2, 0.25) is 11.8 Å². The number of nitrogens with one attached hydrogen (secondary N) is 1. The number of rotatable bonds is 5. The molecule has 0 aromatic heterocycles. The molecule has 0 spiro atoms. The first-order valence-electron chi connectivity index (χ1n) is 8.18. The van der Waals surface area contributed by atoms with E-state index in [0.29, 0.717) is 16.6 Å². The molecule has 1 aliphatic heterocycles. The van der Waals surface area contributed by atoms with Crippen LogP contribution in [0.25, 0.3) is 0 Å². The number of methoxy groups -OCH3 is 1. The summed E-state index contributed by atoms with van der Waals surface area (Å²) in [4.78, 5) is 30.9. The van der Waals surface area contributed by atoms with Crippen molar-refractivity contribution in [2.75, 3.05) is 19.5 Å². The molecule has 0 saturated carbocycles. The van der Waals surface area contributed by atoms with E-state index < -0.39 is 5.25 Å². The minimum atomic E-state index is -0.483. The predicted octanol–water partition coefficient (Wildman–Crippen LogP) is 3.89. The van der Waals surface area contributed by atoms with Crippen LogP contribution in [0.1, 0.15) is 6.42 Å². The number of thioether (sulfide) groups is 1. The molecule has 3 rings (SSSR count). The molecule has 1 unspecified atom stereocenters. The molecule has 1 atom stereocenters. The van der Waals surface area contributed by atoms with Crippen LogP contribution in [0.2, 0.25) is 0 Å². The van der Waals surface area contributed by atoms with Gasteiger partial charge in [-0.25, -0.2) is 4.99 Å². The summed E-state index contributed by atoms with van der Waals surface area (Å²) in [5.74, 6) is 0.314. The zero-order valence-corrected chi connectivity index (χ0v) is 17.8. The molecule has 8 heteroatoms. The molecule has 0 bridgehead atoms. The lowest BCUT2D eigenvalue weighted by atomic mass is 10.2. The van der Waals surface area contributed by atoms with Crippen LogP contribution in [-0.2, 0) is 9.59 Å². The fourth-order valence-corrected chi connectivity index (χ4v) is 4.02. The maximum absolute atomic E-state index is 12.5. The van der Waals surface area contributed by atoms with E-state index in [-0.39, 0.29) is 18.2 Å². The van der Waals surface area contributed by atoms with Crippen molar-refractivity contribution in [3.05, 3.63) is 52.1 Å². The number of hydrogen-bond acceptors (Lipinski definition) is 5. The third-order valence-corrected chi connectivity index (χ3v) is 5.86. The topological polar surface area (TPSA) is 71.0 Å². The van der Waals surface area contributed by atoms with Crippen molar-refractivity contribution in [1.29, 1.82) is 0 Å². The van der Waals surface area contributed by atoms with Crippen molar-refractivity contribution in [1.82, 2.24) is 4.90 Å². The molecule has 0 aliphatic carbocycles. The Labute approximate surface area is 175 Å². The van der Waals surface area contributed by atoms with Gasteiger partial charge in [-0.3, -0.25) is 14.5 Å². The standard InChI is InChI=1S/C19H18IN3O3S/c1-23-18(25)16(27-19(23)22-13-8-6-12(20)7-9-13)11-17(24)21-14-4-3-5-15(10-14)26-2/h3-10,16H,11H2,1-2H3,(H,21,24). The molecule has 140 valence electrons. The lowest BCUT2D eigenvalue weighted by molar-refractivity contribution is -0.127. The Kier molecular flexibility index (Phi) is 6.38. The lowest BCUT2D eigenvalue weighted by Gasteiger charge is -2.10. The molecule has 6 nitrogen and oxygen atoms in total. The Morgan fingerprint density at radius 2 is 2.04 bits per heavy atom. The number of carbonyl (C=O) groups excluding carboxylic acids is 2. The molecule has 1 saturated heterocycles. The summed E-state index contributed by atoms with van der Waals surface area (Å²) in [6.07, 6.45) is 0.0801. The number of amides is 2. The second-order valence-corrected chi connectivity index (χ2v) is 8.27. The Hall–Kier alpha value is -2.07. The van der Waals surface area contributed by atoms with Crippen molar-refractivity contribution in [2.24, 2.45) is 4.99 Å². The SMILES string of the molecule is COc1cccc(NC(=O)CC2SC(=Nc3ccc(I)cc3)N(C)C2=O)c1. The summed E-state index contributed by atoms with van der Waals surface area (Å²) in [6.45, 7) is 0. The number of benzene rings is 2. The first-order chi connectivity index (χ1) is 13.0. The van der Waals surface area contributed by atoms with Gasteiger partial charge in [-0.2, -0.15) is 0 Å². The molecular weight excluding hydrogens is 477 g/mol. The molecule has 1 N–H and O–H groups in total. The van der Waals surface area contributed by atoms with Crippen LogP contribution in [0.3, 0.4) is 0 Å². The molecule has 2 amide bonds. The third kappa shape index (κ3) is 5.01. The monoisotopic (exact) mass is 495 g/mol. The number of halogens is 1. The second-order valence-electron chi connectivity index (χ2n) is 5.86. The minimum Gasteiger partial charge on any atom is -0.497 e. The number of amidine groups is 1. The summed E-state index contributed by atoms with van der Waals surface area (Å²) >= 11 is 3.54. The van der Waals surface area contributed by atoms with E-state index in [0.717, 1.165) is 9.26 Å². The maximum atomic E-state index is 12.5. The summed E-state index contributed by atoms with van der Waals surface area (Å²) < 4.78 is 6.26. The molecule has 2 aromatic rings. The summed E-state index contributed by atoms with van der Waals surface area (Å²) in [5, 5.41) is 2.92. The largest absolute Gasteiger partial charge is 0.497 e. The zero-order valence-electron chi connectivity index (χ0n) is 14.8. The van der Waals surface area contributed by atoms with Gasteiger partial charge >= 0.3 is 0 Å². The average Bonchev–Trinajstić information content (AvgIpc) is 2.91. The number of hydrogen-bond donors (Lipinski definition) is 1. The number of anilines is 1. The number of aliphatic imine (C=N–C) groups is 1. The van der Waals surface area contributed by atoms with Crippen molar-refractivity contribution in [2.45, 2.75) is 11.7 Å². The summed E-state index contributed by atoms with van der Waals surface area (Å²) in [6, 6.07) is 14.8. The molecular formula is C19H18IN3O3S. The van der Waals surface area contributed by atoms with E-state index in [1.54, 1.807) is 38.4 Å². The summed E-state index contributed by atoms with van der Waals surface area (Å²) in [7, 11) is 3.25. The first kappa shape index (κ1) is 19.7. The first-order valence-corrected chi connectivity index (χ1v) is 10.1. The highest BCUT2D eigenvalue weighted by Gasteiger charge is 2.37. The average molecular weight is 495 g/mol. The van der Waals surface area contributed by atoms with Gasteiger partial charge in [0.15, 0.2) is 5.17 Å². The van der Waals surface area contributed by atoms with E-state index >= 15 is 0 Å². The zero-order chi connectivity index (χ0) is 19.4. The molecule has 2 aromatic carbocycles. The molecule has 1 aliphatic rings. The molecule has 1 fully saturated rings. The van der Waals surface area contributed by atoms with Crippen LogP contribution in [0.4, 0.5) is 11.4 Å². The minimum absolute atomic E-state index is 0.0801. The Bertz CT molecular complexity index is 886. The highest BCUT2D eigenvalue weighted by atomic mass is 127. The van der Waals surface area contributed by atoms with Gasteiger partial charge in [-0.05, 0) is 59.0 Å². The van der Waals surface area contributed by atoms with Crippen molar-refractivity contribution < 1.29 is 14.3 Å². The lowest BCUT2D eigenvalue weighted by Crippen LogP contribution is -2.30. The smallest absolute Gasteiger partial charge is 0.242 e. The van der Waals surface area contributed by atoms with Crippen molar-refractivity contribution >= 4 is 62.7 Å². The van der Waals surface area contributed by atoms with Gasteiger partial charge in [0.25, 0.3) is 0 Å². The Morgan fingerprint density at radius 1 is 1.30 bits per heavy atom. The molecule has 1 heterocycles. The van der Waals surface area contributed by atoms with Gasteiger partial charge in [0.05, 0.1) is 12.8 Å². The highest BCUT2D eigenvalue weighted by molar-refractivity contribution is 14.1. The van der Waals surface area contributed by atoms with Crippen LogP contribution in [0, 0.1) is 3.57 Å². The van der Waals surface area contributed by atoms with Gasteiger partial charge in [0.1, 0.15) is 11.0 Å². The quantitative estimate of drug-likeness (QED) is 0.640. The normalized spacial score (nSPS) is 18.0. The summed E-state index contributed by atoms with van der Waals surface area (Å²) in [5.41, 5.74) is 1.41. The van der Waals surface area contributed by atoms with Crippen LogP contribution >= 0.6 is 34.4 Å².